The van der Waals surface area contributed by atoms with Gasteiger partial charge in [-0.3, -0.25) is 4.79 Å². The molecule has 6 rings (SSSR count). The Hall–Kier alpha value is -3.78. The average molecular weight is 513 g/mol. The maximum atomic E-state index is 13.4. The van der Waals surface area contributed by atoms with Gasteiger partial charge in [-0.05, 0) is 74.0 Å². The van der Waals surface area contributed by atoms with Crippen molar-refractivity contribution in [2.24, 2.45) is 0 Å². The minimum atomic E-state index is -0.241. The van der Waals surface area contributed by atoms with Crippen LogP contribution in [0.5, 0.6) is 0 Å². The first kappa shape index (κ1) is 24.6. The highest BCUT2D eigenvalue weighted by Crippen LogP contribution is 2.30. The molecule has 38 heavy (non-hydrogen) atoms. The van der Waals surface area contributed by atoms with Crippen molar-refractivity contribution in [3.05, 3.63) is 89.6 Å². The monoisotopic (exact) mass is 512 g/mol. The Morgan fingerprint density at radius 2 is 1.63 bits per heavy atom. The molecule has 0 bridgehead atoms. The molecule has 0 radical (unpaired) electrons. The quantitative estimate of drug-likeness (QED) is 0.397. The number of pyridine rings is 1. The number of amides is 1. The summed E-state index contributed by atoms with van der Waals surface area (Å²) in [6, 6.07) is 18.8. The molecular formula is C30H33FN6O. The lowest BCUT2D eigenvalue weighted by Crippen LogP contribution is -2.44. The second kappa shape index (κ2) is 10.5. The molecule has 0 aliphatic carbocycles. The summed E-state index contributed by atoms with van der Waals surface area (Å²) in [4.78, 5) is 29.5. The Kier molecular flexibility index (Phi) is 6.81. The fourth-order valence-electron chi connectivity index (χ4n) is 5.66. The molecule has 2 aromatic carbocycles. The number of likely N-dealkylation sites (N-methyl/N-ethyl adjacent to an activating group) is 1. The fourth-order valence-corrected chi connectivity index (χ4v) is 5.66. The number of piperidine rings is 1. The van der Waals surface area contributed by atoms with Gasteiger partial charge in [0.05, 0.1) is 0 Å². The standard InChI is InChI=1S/C30H33FN6O/c1-34-17-19-35(20-18-34)25-10-6-23(7-11-25)30(38)36-15-12-26(13-16-36)37-28(21-22-4-8-24(31)9-5-22)33-27-3-2-14-32-29(27)37/h2-11,14,26H,12-13,15-21H2,1H3. The third-order valence-corrected chi connectivity index (χ3v) is 7.90. The zero-order chi connectivity index (χ0) is 26.1. The zero-order valence-electron chi connectivity index (χ0n) is 21.8. The van der Waals surface area contributed by atoms with Crippen LogP contribution in [-0.4, -0.2) is 76.6 Å². The van der Waals surface area contributed by atoms with Gasteiger partial charge in [-0.25, -0.2) is 14.4 Å². The van der Waals surface area contributed by atoms with Gasteiger partial charge in [0.2, 0.25) is 0 Å². The van der Waals surface area contributed by atoms with Gasteiger partial charge in [-0.15, -0.1) is 0 Å². The van der Waals surface area contributed by atoms with E-state index in [0.29, 0.717) is 19.5 Å². The van der Waals surface area contributed by atoms with Gasteiger partial charge in [0.15, 0.2) is 5.65 Å². The molecule has 2 aliphatic rings. The molecule has 196 valence electrons. The normalized spacial score (nSPS) is 17.3. The van der Waals surface area contributed by atoms with Crippen molar-refractivity contribution in [1.82, 2.24) is 24.3 Å². The van der Waals surface area contributed by atoms with Crippen molar-refractivity contribution in [1.29, 1.82) is 0 Å². The highest BCUT2D eigenvalue weighted by atomic mass is 19.1. The number of aromatic nitrogens is 3. The van der Waals surface area contributed by atoms with Crippen LogP contribution in [0.1, 0.15) is 40.6 Å². The van der Waals surface area contributed by atoms with Gasteiger partial charge >= 0.3 is 0 Å². The molecule has 2 fully saturated rings. The number of carbonyl (C=O) groups excluding carboxylic acids is 1. The van der Waals surface area contributed by atoms with Crippen LogP contribution in [0.3, 0.4) is 0 Å². The summed E-state index contributed by atoms with van der Waals surface area (Å²) in [5, 5.41) is 0. The number of piperazine rings is 1. The van der Waals surface area contributed by atoms with E-state index in [1.165, 1.54) is 17.8 Å². The number of hydrogen-bond donors (Lipinski definition) is 0. The fraction of sp³-hybridized carbons (Fsp3) is 0.367. The minimum Gasteiger partial charge on any atom is -0.369 e. The van der Waals surface area contributed by atoms with Gasteiger partial charge in [-0.1, -0.05) is 12.1 Å². The molecule has 4 heterocycles. The maximum Gasteiger partial charge on any atom is 0.253 e. The summed E-state index contributed by atoms with van der Waals surface area (Å²) in [7, 11) is 2.15. The number of hydrogen-bond acceptors (Lipinski definition) is 5. The van der Waals surface area contributed by atoms with Crippen molar-refractivity contribution in [3.8, 4) is 0 Å². The third kappa shape index (κ3) is 5.00. The van der Waals surface area contributed by atoms with E-state index >= 15 is 0 Å². The molecule has 0 atom stereocenters. The number of fused-ring (bicyclic) bond motifs is 1. The molecule has 2 aliphatic heterocycles. The van der Waals surface area contributed by atoms with E-state index in [0.717, 1.165) is 67.1 Å². The molecule has 0 spiro atoms. The molecule has 0 N–H and O–H groups in total. The number of halogens is 1. The van der Waals surface area contributed by atoms with Crippen LogP contribution in [0.4, 0.5) is 10.1 Å². The summed E-state index contributed by atoms with van der Waals surface area (Å²) in [6.07, 6.45) is 4.08. The van der Waals surface area contributed by atoms with Gasteiger partial charge in [0, 0.05) is 69.2 Å². The predicted octanol–water partition coefficient (Wildman–Crippen LogP) is 4.39. The number of anilines is 1. The summed E-state index contributed by atoms with van der Waals surface area (Å²) < 4.78 is 15.7. The number of likely N-dealkylation sites (tertiary alicyclic amines) is 1. The molecule has 2 saturated heterocycles. The third-order valence-electron chi connectivity index (χ3n) is 7.90. The van der Waals surface area contributed by atoms with E-state index in [4.69, 9.17) is 4.98 Å². The van der Waals surface area contributed by atoms with Gasteiger partial charge in [0.25, 0.3) is 5.91 Å². The van der Waals surface area contributed by atoms with E-state index in [2.05, 4.69) is 38.5 Å². The molecule has 8 heteroatoms. The van der Waals surface area contributed by atoms with Crippen molar-refractivity contribution < 1.29 is 9.18 Å². The predicted molar refractivity (Wildman–Crippen MR) is 147 cm³/mol. The summed E-state index contributed by atoms with van der Waals surface area (Å²) in [5.41, 5.74) is 4.67. The Bertz CT molecular complexity index is 1400. The number of rotatable bonds is 5. The first-order valence-electron chi connectivity index (χ1n) is 13.4. The number of nitrogens with zero attached hydrogens (tertiary/aromatic N) is 6. The molecule has 0 unspecified atom stereocenters. The summed E-state index contributed by atoms with van der Waals surface area (Å²) >= 11 is 0. The van der Waals surface area contributed by atoms with Crippen molar-refractivity contribution in [2.45, 2.75) is 25.3 Å². The van der Waals surface area contributed by atoms with Crippen LogP contribution in [0.25, 0.3) is 11.2 Å². The van der Waals surface area contributed by atoms with Crippen molar-refractivity contribution in [2.75, 3.05) is 51.2 Å². The van der Waals surface area contributed by atoms with E-state index in [9.17, 15) is 9.18 Å². The SMILES string of the molecule is CN1CCN(c2ccc(C(=O)N3CCC(n4c(Cc5ccc(F)cc5)nc5cccnc54)CC3)cc2)CC1. The highest BCUT2D eigenvalue weighted by Gasteiger charge is 2.28. The van der Waals surface area contributed by atoms with Crippen LogP contribution < -0.4 is 4.90 Å². The van der Waals surface area contributed by atoms with Crippen molar-refractivity contribution >= 4 is 22.8 Å². The lowest BCUT2D eigenvalue weighted by atomic mass is 10.0. The second-order valence-electron chi connectivity index (χ2n) is 10.4. The summed E-state index contributed by atoms with van der Waals surface area (Å²) in [6.45, 7) is 5.51. The van der Waals surface area contributed by atoms with E-state index in [-0.39, 0.29) is 17.8 Å². The molecule has 1 amide bonds. The number of benzene rings is 2. The van der Waals surface area contributed by atoms with Crippen LogP contribution in [-0.2, 0) is 6.42 Å². The topological polar surface area (TPSA) is 57.5 Å². The second-order valence-corrected chi connectivity index (χ2v) is 10.4. The van der Waals surface area contributed by atoms with Gasteiger partial charge in [0.1, 0.15) is 17.2 Å². The zero-order valence-corrected chi connectivity index (χ0v) is 21.8. The van der Waals surface area contributed by atoms with Crippen LogP contribution in [0.2, 0.25) is 0 Å². The Morgan fingerprint density at radius 3 is 2.34 bits per heavy atom. The average Bonchev–Trinajstić information content (AvgIpc) is 3.32. The van der Waals surface area contributed by atoms with E-state index in [1.54, 1.807) is 6.20 Å². The molecular weight excluding hydrogens is 479 g/mol. The number of imidazole rings is 1. The lowest BCUT2D eigenvalue weighted by Gasteiger charge is -2.34. The first-order chi connectivity index (χ1) is 18.5. The lowest BCUT2D eigenvalue weighted by molar-refractivity contribution is 0.0695. The van der Waals surface area contributed by atoms with Crippen LogP contribution in [0.15, 0.2) is 66.9 Å². The molecule has 4 aromatic rings. The minimum absolute atomic E-state index is 0.0912. The van der Waals surface area contributed by atoms with E-state index in [1.807, 2.05) is 41.3 Å². The largest absolute Gasteiger partial charge is 0.369 e. The van der Waals surface area contributed by atoms with Gasteiger partial charge < -0.3 is 19.3 Å². The summed E-state index contributed by atoms with van der Waals surface area (Å²) in [5.74, 6) is 0.776. The smallest absolute Gasteiger partial charge is 0.253 e. The number of carbonyl (C=O) groups is 1. The van der Waals surface area contributed by atoms with Gasteiger partial charge in [-0.2, -0.15) is 0 Å². The Balaban J connectivity index is 1.15. The van der Waals surface area contributed by atoms with Crippen molar-refractivity contribution in [3.63, 3.8) is 0 Å². The molecule has 2 aromatic heterocycles. The van der Waals surface area contributed by atoms with E-state index < -0.39 is 0 Å². The molecule has 7 nitrogen and oxygen atoms in total. The Labute approximate surface area is 222 Å². The maximum absolute atomic E-state index is 13.4. The molecule has 0 saturated carbocycles. The van der Waals surface area contributed by atoms with Crippen LogP contribution in [0, 0.1) is 5.82 Å². The Morgan fingerprint density at radius 1 is 0.921 bits per heavy atom. The van der Waals surface area contributed by atoms with Crippen LogP contribution >= 0.6 is 0 Å². The first-order valence-corrected chi connectivity index (χ1v) is 13.4. The highest BCUT2D eigenvalue weighted by molar-refractivity contribution is 5.94.